The molecule has 0 aromatic carbocycles. The molecule has 0 aromatic heterocycles. The molecule has 11 heavy (non-hydrogen) atoms. The van der Waals surface area contributed by atoms with Crippen LogP contribution in [0, 0.1) is 0 Å². The second kappa shape index (κ2) is 6.28. The lowest BCUT2D eigenvalue weighted by Gasteiger charge is -1.99. The summed E-state index contributed by atoms with van der Waals surface area (Å²) in [5, 5.41) is 6.00. The highest BCUT2D eigenvalue weighted by atomic mass is 79.9. The van der Waals surface area contributed by atoms with E-state index in [4.69, 9.17) is 0 Å². The zero-order chi connectivity index (χ0) is 8.69. The average molecular weight is 219 g/mol. The second-order valence-electron chi connectivity index (χ2n) is 2.27. The van der Waals surface area contributed by atoms with Gasteiger partial charge in [-0.15, -0.1) is 0 Å². The van der Waals surface area contributed by atoms with Crippen LogP contribution in [0.15, 0.2) is 22.6 Å². The van der Waals surface area contributed by atoms with Gasteiger partial charge in [0.25, 0.3) is 0 Å². The molecule has 2 nitrogen and oxygen atoms in total. The molecule has 2 N–H and O–H groups in total. The Morgan fingerprint density at radius 1 is 1.45 bits per heavy atom. The van der Waals surface area contributed by atoms with Gasteiger partial charge < -0.3 is 10.6 Å². The summed E-state index contributed by atoms with van der Waals surface area (Å²) in [4.78, 5) is 0. The third kappa shape index (κ3) is 5.98. The van der Waals surface area contributed by atoms with Crippen LogP contribution in [0.25, 0.3) is 0 Å². The first-order valence-corrected chi connectivity index (χ1v) is 4.45. The molecule has 0 aliphatic carbocycles. The summed E-state index contributed by atoms with van der Waals surface area (Å²) in [6.07, 6.45) is 4.91. The van der Waals surface area contributed by atoms with Crippen molar-refractivity contribution in [2.24, 2.45) is 0 Å². The van der Waals surface area contributed by atoms with Crippen LogP contribution in [0.5, 0.6) is 0 Å². The van der Waals surface area contributed by atoms with Crippen molar-refractivity contribution in [1.82, 2.24) is 10.6 Å². The molecule has 0 saturated carbocycles. The normalized spacial score (nSPS) is 13.1. The zero-order valence-corrected chi connectivity index (χ0v) is 8.83. The zero-order valence-electron chi connectivity index (χ0n) is 7.24. The Bertz CT molecular complexity index is 161. The van der Waals surface area contributed by atoms with Gasteiger partial charge in [-0.3, -0.25) is 0 Å². The van der Waals surface area contributed by atoms with Gasteiger partial charge in [0.15, 0.2) is 0 Å². The molecule has 0 rings (SSSR count). The predicted octanol–water partition coefficient (Wildman–Crippen LogP) is 2.30. The molecule has 3 heteroatoms. The molecule has 0 aliphatic rings. The highest BCUT2D eigenvalue weighted by Gasteiger charge is 1.85. The standard InChI is InChI=1S/C8H15BrN2/c1-4-7(2)5-11-8(9)6-10-3/h5-6,10-11H,4H2,1-3H3/b7-5-,8-6-. The first-order valence-electron chi connectivity index (χ1n) is 3.65. The van der Waals surface area contributed by atoms with Gasteiger partial charge in [-0.1, -0.05) is 12.5 Å². The molecule has 0 fully saturated rings. The summed E-state index contributed by atoms with van der Waals surface area (Å²) >= 11 is 3.34. The van der Waals surface area contributed by atoms with Crippen molar-refractivity contribution in [2.75, 3.05) is 7.05 Å². The molecular formula is C8H15BrN2. The number of hydrogen-bond acceptors (Lipinski definition) is 2. The van der Waals surface area contributed by atoms with Gasteiger partial charge in [0.1, 0.15) is 0 Å². The van der Waals surface area contributed by atoms with E-state index < -0.39 is 0 Å². The van der Waals surface area contributed by atoms with Crippen LogP contribution in [-0.2, 0) is 0 Å². The van der Waals surface area contributed by atoms with Crippen LogP contribution in [0.2, 0.25) is 0 Å². The minimum Gasteiger partial charge on any atom is -0.392 e. The molecular weight excluding hydrogens is 204 g/mol. The maximum Gasteiger partial charge on any atom is 0.0978 e. The van der Waals surface area contributed by atoms with Crippen molar-refractivity contribution >= 4 is 15.9 Å². The molecule has 0 aliphatic heterocycles. The Labute approximate surface area is 76.9 Å². The number of nitrogens with one attached hydrogen (secondary N) is 2. The van der Waals surface area contributed by atoms with Gasteiger partial charge in [-0.25, -0.2) is 0 Å². The Morgan fingerprint density at radius 2 is 2.09 bits per heavy atom. The van der Waals surface area contributed by atoms with E-state index in [9.17, 15) is 0 Å². The van der Waals surface area contributed by atoms with Crippen LogP contribution >= 0.6 is 15.9 Å². The minimum atomic E-state index is 0.938. The summed E-state index contributed by atoms with van der Waals surface area (Å²) in [5.41, 5.74) is 1.33. The molecule has 0 unspecified atom stereocenters. The molecule has 0 atom stereocenters. The lowest BCUT2D eigenvalue weighted by Crippen LogP contribution is -2.04. The molecule has 0 aromatic rings. The average Bonchev–Trinajstić information content (AvgIpc) is 2.01. The van der Waals surface area contributed by atoms with Gasteiger partial charge in [-0.05, 0) is 29.3 Å². The van der Waals surface area contributed by atoms with E-state index in [0.29, 0.717) is 0 Å². The molecule has 0 radical (unpaired) electrons. The Hall–Kier alpha value is -0.440. The maximum absolute atomic E-state index is 3.34. The van der Waals surface area contributed by atoms with E-state index in [-0.39, 0.29) is 0 Å². The fourth-order valence-corrected chi connectivity index (χ4v) is 0.806. The third-order valence-corrected chi connectivity index (χ3v) is 1.74. The van der Waals surface area contributed by atoms with Crippen molar-refractivity contribution in [1.29, 1.82) is 0 Å². The van der Waals surface area contributed by atoms with E-state index in [1.54, 1.807) is 0 Å². The summed E-state index contributed by atoms with van der Waals surface area (Å²) in [6.45, 7) is 4.22. The molecule has 0 spiro atoms. The van der Waals surface area contributed by atoms with Crippen molar-refractivity contribution in [2.45, 2.75) is 20.3 Å². The van der Waals surface area contributed by atoms with Gasteiger partial charge in [0, 0.05) is 19.4 Å². The molecule has 64 valence electrons. The monoisotopic (exact) mass is 218 g/mol. The maximum atomic E-state index is 3.34. The fraction of sp³-hybridized carbons (Fsp3) is 0.500. The molecule has 0 amide bonds. The van der Waals surface area contributed by atoms with Gasteiger partial charge in [0.05, 0.1) is 4.61 Å². The van der Waals surface area contributed by atoms with E-state index in [1.165, 1.54) is 5.57 Å². The van der Waals surface area contributed by atoms with Crippen molar-refractivity contribution in [3.05, 3.63) is 22.6 Å². The van der Waals surface area contributed by atoms with Gasteiger partial charge in [0.2, 0.25) is 0 Å². The number of allylic oxidation sites excluding steroid dienone is 1. The van der Waals surface area contributed by atoms with Crippen molar-refractivity contribution in [3.8, 4) is 0 Å². The van der Waals surface area contributed by atoms with E-state index in [0.717, 1.165) is 11.0 Å². The molecule has 0 heterocycles. The second-order valence-corrected chi connectivity index (χ2v) is 3.12. The Morgan fingerprint density at radius 3 is 2.55 bits per heavy atom. The number of halogens is 1. The van der Waals surface area contributed by atoms with Crippen molar-refractivity contribution < 1.29 is 0 Å². The smallest absolute Gasteiger partial charge is 0.0978 e. The number of hydrogen-bond donors (Lipinski definition) is 2. The van der Waals surface area contributed by atoms with E-state index in [1.807, 2.05) is 19.4 Å². The van der Waals surface area contributed by atoms with E-state index >= 15 is 0 Å². The quantitative estimate of drug-likeness (QED) is 0.709. The first kappa shape index (κ1) is 10.6. The summed E-state index contributed by atoms with van der Waals surface area (Å²) < 4.78 is 0.938. The first-order chi connectivity index (χ1) is 5.20. The predicted molar refractivity (Wildman–Crippen MR) is 53.3 cm³/mol. The van der Waals surface area contributed by atoms with Gasteiger partial charge >= 0.3 is 0 Å². The summed E-state index contributed by atoms with van der Waals surface area (Å²) in [5.74, 6) is 0. The third-order valence-electron chi connectivity index (χ3n) is 1.29. The lowest BCUT2D eigenvalue weighted by atomic mass is 10.3. The topological polar surface area (TPSA) is 24.1 Å². The Balaban J connectivity index is 3.77. The van der Waals surface area contributed by atoms with Crippen LogP contribution in [0.1, 0.15) is 20.3 Å². The molecule has 0 saturated heterocycles. The van der Waals surface area contributed by atoms with Crippen LogP contribution in [0.4, 0.5) is 0 Å². The summed E-state index contributed by atoms with van der Waals surface area (Å²) in [6, 6.07) is 0. The highest BCUT2D eigenvalue weighted by Crippen LogP contribution is 2.00. The van der Waals surface area contributed by atoms with Gasteiger partial charge in [-0.2, -0.15) is 0 Å². The molecule has 0 bridgehead atoms. The highest BCUT2D eigenvalue weighted by molar-refractivity contribution is 9.11. The van der Waals surface area contributed by atoms with Crippen LogP contribution < -0.4 is 10.6 Å². The SMILES string of the molecule is CC/C(C)=C\N/C(Br)=C\NC. The summed E-state index contributed by atoms with van der Waals surface area (Å²) in [7, 11) is 1.86. The van der Waals surface area contributed by atoms with Crippen LogP contribution in [0.3, 0.4) is 0 Å². The van der Waals surface area contributed by atoms with Crippen LogP contribution in [-0.4, -0.2) is 7.05 Å². The number of rotatable bonds is 4. The minimum absolute atomic E-state index is 0.938. The van der Waals surface area contributed by atoms with Crippen molar-refractivity contribution in [3.63, 3.8) is 0 Å². The van der Waals surface area contributed by atoms with E-state index in [2.05, 4.69) is 40.4 Å². The fourth-order valence-electron chi connectivity index (χ4n) is 0.463. The lowest BCUT2D eigenvalue weighted by molar-refractivity contribution is 1.01. The Kier molecular flexibility index (Phi) is 6.03. The largest absolute Gasteiger partial charge is 0.392 e.